The molecule has 0 saturated heterocycles. The van der Waals surface area contributed by atoms with Crippen molar-refractivity contribution in [1.29, 1.82) is 0 Å². The Hall–Kier alpha value is -1.25. The van der Waals surface area contributed by atoms with E-state index in [9.17, 15) is 0 Å². The van der Waals surface area contributed by atoms with Gasteiger partial charge in [-0.05, 0) is 56.5 Å². The van der Waals surface area contributed by atoms with E-state index in [1.807, 2.05) is 6.07 Å². The zero-order valence-corrected chi connectivity index (χ0v) is 15.6. The van der Waals surface area contributed by atoms with E-state index < -0.39 is 0 Å². The van der Waals surface area contributed by atoms with E-state index in [1.165, 1.54) is 54.3 Å². The van der Waals surface area contributed by atoms with Gasteiger partial charge in [-0.3, -0.25) is 0 Å². The third kappa shape index (κ3) is 2.91. The predicted molar refractivity (Wildman–Crippen MR) is 104 cm³/mol. The number of fused-ring (bicyclic) bond motifs is 3. The van der Waals surface area contributed by atoms with Gasteiger partial charge >= 0.3 is 0 Å². The molecule has 0 N–H and O–H groups in total. The zero-order chi connectivity index (χ0) is 16.7. The molecule has 1 aromatic carbocycles. The molecular weight excluding hydrogens is 316 g/mol. The Balaban J connectivity index is 1.82. The average Bonchev–Trinajstić information content (AvgIpc) is 2.88. The maximum Gasteiger partial charge on any atom is 0.0529 e. The minimum atomic E-state index is 0.769. The highest BCUT2D eigenvalue weighted by Crippen LogP contribution is 2.35. The standard InChI is InChI=1S/C21H27ClN2/c1-15(16-6-4-3-5-7-16)13-24-20-9-8-17(22)12-18(20)19-14-23(2)11-10-21(19)24/h8-9,12-13,16H,3-7,10-11,14H2,1-2H3. The number of likely N-dealkylation sites (N-methyl/N-ethyl adjacent to an activating group) is 1. The number of aromatic nitrogens is 1. The Morgan fingerprint density at radius 3 is 2.79 bits per heavy atom. The van der Waals surface area contributed by atoms with E-state index in [0.29, 0.717) is 0 Å². The summed E-state index contributed by atoms with van der Waals surface area (Å²) in [6, 6.07) is 6.37. The number of hydrogen-bond donors (Lipinski definition) is 0. The van der Waals surface area contributed by atoms with Gasteiger partial charge in [0, 0.05) is 41.8 Å². The molecule has 2 nitrogen and oxygen atoms in total. The Morgan fingerprint density at radius 1 is 1.21 bits per heavy atom. The summed E-state index contributed by atoms with van der Waals surface area (Å²) in [5.41, 5.74) is 5.81. The highest BCUT2D eigenvalue weighted by Gasteiger charge is 2.23. The molecule has 0 atom stereocenters. The molecule has 128 valence electrons. The van der Waals surface area contributed by atoms with E-state index in [4.69, 9.17) is 11.6 Å². The van der Waals surface area contributed by atoms with Gasteiger partial charge in [0.1, 0.15) is 0 Å². The Kier molecular flexibility index (Phi) is 4.44. The maximum atomic E-state index is 6.30. The highest BCUT2D eigenvalue weighted by molar-refractivity contribution is 6.31. The fraction of sp³-hybridized carbons (Fsp3) is 0.524. The quantitative estimate of drug-likeness (QED) is 0.677. The molecule has 0 amide bonds. The zero-order valence-electron chi connectivity index (χ0n) is 14.8. The second-order valence-corrected chi connectivity index (χ2v) is 8.09. The molecule has 0 bridgehead atoms. The molecule has 2 aliphatic rings. The van der Waals surface area contributed by atoms with Crippen molar-refractivity contribution in [2.45, 2.75) is 52.0 Å². The molecule has 3 heteroatoms. The van der Waals surface area contributed by atoms with Crippen molar-refractivity contribution in [1.82, 2.24) is 9.47 Å². The van der Waals surface area contributed by atoms with Gasteiger partial charge in [-0.1, -0.05) is 36.4 Å². The molecule has 0 radical (unpaired) electrons. The van der Waals surface area contributed by atoms with Gasteiger partial charge < -0.3 is 9.47 Å². The van der Waals surface area contributed by atoms with Gasteiger partial charge in [0.15, 0.2) is 0 Å². The summed E-state index contributed by atoms with van der Waals surface area (Å²) >= 11 is 6.30. The summed E-state index contributed by atoms with van der Waals surface area (Å²) in [6.45, 7) is 4.49. The van der Waals surface area contributed by atoms with Crippen molar-refractivity contribution in [3.8, 4) is 0 Å². The topological polar surface area (TPSA) is 8.17 Å². The smallest absolute Gasteiger partial charge is 0.0529 e. The number of nitrogens with zero attached hydrogens (tertiary/aromatic N) is 2. The van der Waals surface area contributed by atoms with Crippen LogP contribution >= 0.6 is 11.6 Å². The number of halogens is 1. The molecule has 2 aromatic rings. The first kappa shape index (κ1) is 16.2. The summed E-state index contributed by atoms with van der Waals surface area (Å²) in [5, 5.41) is 2.17. The van der Waals surface area contributed by atoms with Crippen LogP contribution in [0.3, 0.4) is 0 Å². The third-order valence-corrected chi connectivity index (χ3v) is 6.16. The van der Waals surface area contributed by atoms with Crippen molar-refractivity contribution >= 4 is 28.7 Å². The summed E-state index contributed by atoms with van der Waals surface area (Å²) in [5.74, 6) is 0.769. The number of rotatable bonds is 2. The summed E-state index contributed by atoms with van der Waals surface area (Å²) in [7, 11) is 2.21. The van der Waals surface area contributed by atoms with Crippen LogP contribution < -0.4 is 0 Å². The molecular formula is C21H27ClN2. The monoisotopic (exact) mass is 342 g/mol. The largest absolute Gasteiger partial charge is 0.320 e. The van der Waals surface area contributed by atoms with Crippen molar-refractivity contribution in [2.24, 2.45) is 5.92 Å². The second-order valence-electron chi connectivity index (χ2n) is 7.65. The lowest BCUT2D eigenvalue weighted by molar-refractivity contribution is 0.312. The summed E-state index contributed by atoms with van der Waals surface area (Å²) in [4.78, 5) is 2.41. The lowest BCUT2D eigenvalue weighted by Crippen LogP contribution is -2.26. The van der Waals surface area contributed by atoms with Gasteiger partial charge in [0.2, 0.25) is 0 Å². The van der Waals surface area contributed by atoms with Gasteiger partial charge in [0.05, 0.1) is 5.52 Å². The third-order valence-electron chi connectivity index (χ3n) is 5.92. The van der Waals surface area contributed by atoms with Crippen LogP contribution in [0.25, 0.3) is 17.1 Å². The molecule has 24 heavy (non-hydrogen) atoms. The second kappa shape index (κ2) is 6.57. The van der Waals surface area contributed by atoms with E-state index >= 15 is 0 Å². The van der Waals surface area contributed by atoms with E-state index in [0.717, 1.165) is 30.5 Å². The molecule has 0 spiro atoms. The van der Waals surface area contributed by atoms with Crippen molar-refractivity contribution in [3.05, 3.63) is 40.1 Å². The predicted octanol–water partition coefficient (Wildman–Crippen LogP) is 5.72. The fourth-order valence-corrected chi connectivity index (χ4v) is 4.69. The lowest BCUT2D eigenvalue weighted by atomic mass is 9.85. The first-order valence-corrected chi connectivity index (χ1v) is 9.69. The molecule has 1 fully saturated rings. The molecule has 1 aromatic heterocycles. The molecule has 1 aliphatic heterocycles. The maximum absolute atomic E-state index is 6.30. The van der Waals surface area contributed by atoms with Crippen molar-refractivity contribution < 1.29 is 0 Å². The van der Waals surface area contributed by atoms with Crippen LogP contribution in [-0.4, -0.2) is 23.1 Å². The van der Waals surface area contributed by atoms with E-state index in [1.54, 1.807) is 5.57 Å². The van der Waals surface area contributed by atoms with Gasteiger partial charge in [-0.15, -0.1) is 0 Å². The molecule has 0 unspecified atom stereocenters. The summed E-state index contributed by atoms with van der Waals surface area (Å²) < 4.78 is 2.47. The van der Waals surface area contributed by atoms with Crippen LogP contribution in [0.2, 0.25) is 5.02 Å². The van der Waals surface area contributed by atoms with Crippen LogP contribution in [0.5, 0.6) is 0 Å². The SMILES string of the molecule is CC(=Cn1c2c(c3cc(Cl)ccc31)CN(C)CC2)C1CCCCC1. The Labute approximate surface area is 150 Å². The first-order chi connectivity index (χ1) is 11.6. The van der Waals surface area contributed by atoms with Crippen LogP contribution in [0.4, 0.5) is 0 Å². The normalized spacial score (nSPS) is 20.5. The molecule has 1 saturated carbocycles. The fourth-order valence-electron chi connectivity index (χ4n) is 4.51. The van der Waals surface area contributed by atoms with Crippen LogP contribution in [-0.2, 0) is 13.0 Å². The number of benzene rings is 1. The lowest BCUT2D eigenvalue weighted by Gasteiger charge is -2.25. The van der Waals surface area contributed by atoms with Gasteiger partial charge in [-0.2, -0.15) is 0 Å². The highest BCUT2D eigenvalue weighted by atomic mass is 35.5. The number of hydrogen-bond acceptors (Lipinski definition) is 1. The molecule has 1 aliphatic carbocycles. The van der Waals surface area contributed by atoms with Gasteiger partial charge in [-0.25, -0.2) is 0 Å². The van der Waals surface area contributed by atoms with E-state index in [2.05, 4.69) is 41.8 Å². The van der Waals surface area contributed by atoms with Crippen LogP contribution in [0, 0.1) is 5.92 Å². The number of allylic oxidation sites excluding steroid dienone is 1. The first-order valence-electron chi connectivity index (χ1n) is 9.31. The molecule has 2 heterocycles. The minimum Gasteiger partial charge on any atom is -0.320 e. The summed E-state index contributed by atoms with van der Waals surface area (Å²) in [6.07, 6.45) is 10.5. The minimum absolute atomic E-state index is 0.769. The van der Waals surface area contributed by atoms with Gasteiger partial charge in [0.25, 0.3) is 0 Å². The van der Waals surface area contributed by atoms with Crippen molar-refractivity contribution in [3.63, 3.8) is 0 Å². The van der Waals surface area contributed by atoms with Crippen LogP contribution in [0.15, 0.2) is 23.8 Å². The van der Waals surface area contributed by atoms with Crippen LogP contribution in [0.1, 0.15) is 50.3 Å². The van der Waals surface area contributed by atoms with E-state index in [-0.39, 0.29) is 0 Å². The Bertz CT molecular complexity index is 781. The van der Waals surface area contributed by atoms with Crippen molar-refractivity contribution in [2.75, 3.05) is 13.6 Å². The molecule has 4 rings (SSSR count). The Morgan fingerprint density at radius 2 is 2.00 bits per heavy atom. The average molecular weight is 343 g/mol.